The van der Waals surface area contributed by atoms with Crippen LogP contribution in [0.5, 0.6) is 0 Å². The Hall–Kier alpha value is -7.88. The summed E-state index contributed by atoms with van der Waals surface area (Å²) in [7, 11) is 3.77. The molecule has 348 valence electrons. The van der Waals surface area contributed by atoms with Crippen molar-refractivity contribution < 1.29 is 14.7 Å². The molecule has 4 aromatic carbocycles. The number of fused-ring (bicyclic) bond motifs is 2. The summed E-state index contributed by atoms with van der Waals surface area (Å²) in [6, 6.07) is 36.7. The van der Waals surface area contributed by atoms with E-state index in [4.69, 9.17) is 22.7 Å². The van der Waals surface area contributed by atoms with Gasteiger partial charge in [-0.3, -0.25) is 29.0 Å². The van der Waals surface area contributed by atoms with Crippen LogP contribution in [0.4, 0.5) is 5.69 Å². The van der Waals surface area contributed by atoms with Crippen LogP contribution < -0.4 is 5.73 Å². The predicted octanol–water partition coefficient (Wildman–Crippen LogP) is 9.49. The molecule has 2 fully saturated rings. The molecule has 14 nitrogen and oxygen atoms in total. The van der Waals surface area contributed by atoms with Crippen molar-refractivity contribution in [3.63, 3.8) is 0 Å². The van der Waals surface area contributed by atoms with Crippen LogP contribution in [0, 0.1) is 23.8 Å². The highest BCUT2D eigenvalue weighted by atomic mass is 16.4. The molecule has 0 aliphatic carbocycles. The number of nitrogens with two attached hydrogens (primary N) is 1. The molecule has 2 atom stereocenters. The Balaban J connectivity index is 0.000000154. The van der Waals surface area contributed by atoms with E-state index in [9.17, 15) is 9.59 Å². The van der Waals surface area contributed by atoms with E-state index in [-0.39, 0.29) is 11.3 Å². The number of likely N-dealkylation sites (tertiary alicyclic amines) is 2. The summed E-state index contributed by atoms with van der Waals surface area (Å²) >= 11 is 0. The molecule has 2 aliphatic rings. The van der Waals surface area contributed by atoms with Gasteiger partial charge in [-0.1, -0.05) is 42.5 Å². The van der Waals surface area contributed by atoms with Gasteiger partial charge in [0.2, 0.25) is 0 Å². The third-order valence-electron chi connectivity index (χ3n) is 12.8. The predicted molar refractivity (Wildman–Crippen MR) is 268 cm³/mol. The number of aryl methyl sites for hydroxylation is 2. The first-order valence-electron chi connectivity index (χ1n) is 23.2. The van der Waals surface area contributed by atoms with Crippen LogP contribution in [0.15, 0.2) is 134 Å². The van der Waals surface area contributed by atoms with E-state index < -0.39 is 5.97 Å². The molecule has 2 aliphatic heterocycles. The molecule has 69 heavy (non-hydrogen) atoms. The number of aromatic carboxylic acids is 1. The van der Waals surface area contributed by atoms with Gasteiger partial charge in [0.15, 0.2) is 11.5 Å². The smallest absolute Gasteiger partial charge is 0.335 e. The minimum Gasteiger partial charge on any atom is -0.478 e. The standard InChI is InChI=1S/C28H27N5O.C14H11N3O2.C13H17N3/c1-29-25-8-4-3-7-23(25)19-33-15-5-6-20(18-33)16-27(34)22-9-10-26-24(17-22)28(31-32(26)2)21-11-13-30-14-12-21;1-17-12-3-2-10(14(18)19)8-11(12)13(16-17)9-4-6-15-7-5-9;14-8-11-4-1-2-5-12(11)9-16-7-3-6-13(15)10-16/h3-4,7-14,17,20H,5-6,15-16,18-19H2,2H3;2-8H,1H3,(H,18,19);1-2,4-5,13H,3,6-7,9-10,15H2/t;;13-/m..1/s1. The van der Waals surface area contributed by atoms with E-state index in [1.54, 1.807) is 47.7 Å². The number of carbonyl (C=O) groups excluding carboxylic acids is 1. The van der Waals surface area contributed by atoms with Crippen LogP contribution in [0.2, 0.25) is 0 Å². The minimum atomic E-state index is -0.938. The molecular formula is C55H55N11O3. The molecule has 0 spiro atoms. The van der Waals surface area contributed by atoms with Crippen molar-refractivity contribution in [2.75, 3.05) is 26.2 Å². The van der Waals surface area contributed by atoms with Gasteiger partial charge in [0.25, 0.3) is 0 Å². The maximum atomic E-state index is 13.3. The molecule has 6 heterocycles. The number of rotatable bonds is 10. The minimum absolute atomic E-state index is 0.180. The second-order valence-electron chi connectivity index (χ2n) is 17.7. The SMILES string of the molecule is Cn1nc(-c2ccncc2)c2cc(C(=O)O)ccc21.N#Cc1ccccc1CN1CCC[C@@H](N)C1.[C-]#[N+]c1ccccc1CN1CCCC(CC(=O)c2ccc3c(c2)c(-c2ccncc2)nn3C)C1. The summed E-state index contributed by atoms with van der Waals surface area (Å²) in [5, 5.41) is 29.0. The zero-order chi connectivity index (χ0) is 48.3. The lowest BCUT2D eigenvalue weighted by atomic mass is 9.90. The van der Waals surface area contributed by atoms with Gasteiger partial charge in [0.05, 0.1) is 34.8 Å². The average molecular weight is 918 g/mol. The fourth-order valence-electron chi connectivity index (χ4n) is 9.36. The van der Waals surface area contributed by atoms with Crippen LogP contribution in [0.1, 0.15) is 69.5 Å². The van der Waals surface area contributed by atoms with Crippen molar-refractivity contribution in [2.45, 2.75) is 51.2 Å². The number of ketones is 1. The zero-order valence-electron chi connectivity index (χ0n) is 38.9. The molecule has 1 unspecified atom stereocenters. The lowest BCUT2D eigenvalue weighted by Gasteiger charge is -2.32. The molecule has 0 bridgehead atoms. The number of para-hydroxylation sites is 1. The van der Waals surface area contributed by atoms with Gasteiger partial charge in [-0.05, 0) is 123 Å². The first-order chi connectivity index (χ1) is 33.6. The molecular weight excluding hydrogens is 863 g/mol. The fraction of sp³-hybridized carbons (Fsp3) is 0.273. The molecule has 8 aromatic rings. The summed E-state index contributed by atoms with van der Waals surface area (Å²) < 4.78 is 3.61. The third kappa shape index (κ3) is 11.6. The quantitative estimate of drug-likeness (QED) is 0.0987. The van der Waals surface area contributed by atoms with E-state index in [1.807, 2.05) is 110 Å². The van der Waals surface area contributed by atoms with E-state index in [2.05, 4.69) is 40.9 Å². The van der Waals surface area contributed by atoms with Gasteiger partial charge >= 0.3 is 5.97 Å². The van der Waals surface area contributed by atoms with Gasteiger partial charge in [0, 0.05) is 105 Å². The molecule has 14 heteroatoms. The summed E-state index contributed by atoms with van der Waals surface area (Å²) in [6.45, 7) is 12.9. The molecule has 10 rings (SSSR count). The number of nitriles is 1. The van der Waals surface area contributed by atoms with E-state index >= 15 is 0 Å². The number of carboxylic acids is 1. The number of benzene rings is 4. The van der Waals surface area contributed by atoms with Gasteiger partial charge in [0.1, 0.15) is 11.4 Å². The lowest BCUT2D eigenvalue weighted by Crippen LogP contribution is -2.42. The number of pyridine rings is 2. The Labute approximate surface area is 402 Å². The van der Waals surface area contributed by atoms with Gasteiger partial charge < -0.3 is 15.7 Å². The summed E-state index contributed by atoms with van der Waals surface area (Å²) in [5.41, 5.74) is 16.1. The van der Waals surface area contributed by atoms with Crippen molar-refractivity contribution in [2.24, 2.45) is 25.7 Å². The van der Waals surface area contributed by atoms with E-state index in [0.29, 0.717) is 18.4 Å². The number of nitrogens with zero attached hydrogens (tertiary/aromatic N) is 10. The highest BCUT2D eigenvalue weighted by Crippen LogP contribution is 2.31. The maximum absolute atomic E-state index is 13.3. The lowest BCUT2D eigenvalue weighted by molar-refractivity contribution is 0.0696. The molecule has 4 aromatic heterocycles. The van der Waals surface area contributed by atoms with Gasteiger partial charge in [-0.25, -0.2) is 9.64 Å². The number of carboxylic acid groups (broad SMARTS) is 1. The first kappa shape index (κ1) is 47.6. The van der Waals surface area contributed by atoms with Crippen molar-refractivity contribution in [1.29, 1.82) is 5.26 Å². The van der Waals surface area contributed by atoms with Crippen molar-refractivity contribution in [1.82, 2.24) is 39.3 Å². The summed E-state index contributed by atoms with van der Waals surface area (Å²) in [4.78, 5) is 40.8. The molecule has 2 saturated heterocycles. The van der Waals surface area contributed by atoms with E-state index in [1.165, 1.54) is 0 Å². The van der Waals surface area contributed by atoms with Crippen LogP contribution in [-0.4, -0.2) is 88.4 Å². The monoisotopic (exact) mass is 917 g/mol. The Bertz CT molecular complexity index is 3150. The highest BCUT2D eigenvalue weighted by molar-refractivity contribution is 6.03. The number of aromatic nitrogens is 6. The third-order valence-corrected chi connectivity index (χ3v) is 12.8. The zero-order valence-corrected chi connectivity index (χ0v) is 38.9. The Morgan fingerprint density at radius 3 is 1.86 bits per heavy atom. The second-order valence-corrected chi connectivity index (χ2v) is 17.7. The molecule has 0 saturated carbocycles. The van der Waals surface area contributed by atoms with Crippen molar-refractivity contribution >= 4 is 39.2 Å². The topological polar surface area (TPSA) is 176 Å². The number of Topliss-reactive ketones (excluding diaryl/α,β-unsaturated/α-hetero) is 1. The Morgan fingerprint density at radius 2 is 1.26 bits per heavy atom. The summed E-state index contributed by atoms with van der Waals surface area (Å²) in [5.74, 6) is -0.433. The largest absolute Gasteiger partial charge is 0.478 e. The summed E-state index contributed by atoms with van der Waals surface area (Å²) in [6.07, 6.45) is 11.9. The van der Waals surface area contributed by atoms with Crippen molar-refractivity contribution in [3.8, 4) is 28.6 Å². The molecule has 3 N–H and O–H groups in total. The van der Waals surface area contributed by atoms with Crippen LogP contribution in [0.3, 0.4) is 0 Å². The maximum Gasteiger partial charge on any atom is 0.335 e. The van der Waals surface area contributed by atoms with Crippen LogP contribution >= 0.6 is 0 Å². The number of piperidine rings is 2. The Morgan fingerprint density at radius 1 is 0.725 bits per heavy atom. The molecule has 0 amide bonds. The van der Waals surface area contributed by atoms with Gasteiger partial charge in [-0.2, -0.15) is 15.5 Å². The van der Waals surface area contributed by atoms with Crippen LogP contribution in [-0.2, 0) is 27.2 Å². The Kier molecular flexibility index (Phi) is 15.4. The number of carbonyl (C=O) groups is 2. The number of hydrogen-bond acceptors (Lipinski definition) is 10. The molecule has 0 radical (unpaired) electrons. The highest BCUT2D eigenvalue weighted by Gasteiger charge is 2.24. The first-order valence-corrected chi connectivity index (χ1v) is 23.2. The average Bonchev–Trinajstić information content (AvgIpc) is 3.90. The fourth-order valence-corrected chi connectivity index (χ4v) is 9.36. The van der Waals surface area contributed by atoms with E-state index in [0.717, 1.165) is 137 Å². The second kappa shape index (κ2) is 22.3. The van der Waals surface area contributed by atoms with Crippen molar-refractivity contribution in [3.05, 3.63) is 173 Å². The van der Waals surface area contributed by atoms with Gasteiger partial charge in [-0.15, -0.1) is 0 Å². The number of hydrogen-bond donors (Lipinski definition) is 2. The van der Waals surface area contributed by atoms with Crippen LogP contribution in [0.25, 0.3) is 49.2 Å². The normalized spacial score (nSPS) is 16.1.